The van der Waals surface area contributed by atoms with Crippen molar-refractivity contribution in [3.05, 3.63) is 17.5 Å². The summed E-state index contributed by atoms with van der Waals surface area (Å²) in [5.41, 5.74) is 0.892. The summed E-state index contributed by atoms with van der Waals surface area (Å²) in [5.74, 6) is -0.369. The fourth-order valence-corrected chi connectivity index (χ4v) is 2.30. The SMILES string of the molecule is CCOC(=O)c1cc(COC(C)(C)C)nn1C1CCCCO1. The third kappa shape index (κ3) is 4.55. The van der Waals surface area contributed by atoms with Gasteiger partial charge in [-0.1, -0.05) is 0 Å². The lowest BCUT2D eigenvalue weighted by molar-refractivity contribution is -0.0436. The first kappa shape index (κ1) is 17.0. The maximum absolute atomic E-state index is 12.1. The maximum atomic E-state index is 12.1. The van der Waals surface area contributed by atoms with Gasteiger partial charge in [0.2, 0.25) is 0 Å². The second kappa shape index (κ2) is 7.24. The summed E-state index contributed by atoms with van der Waals surface area (Å²) in [7, 11) is 0. The van der Waals surface area contributed by atoms with Crippen molar-refractivity contribution in [3.63, 3.8) is 0 Å². The Morgan fingerprint density at radius 3 is 2.82 bits per heavy atom. The number of hydrogen-bond donors (Lipinski definition) is 0. The number of rotatable bonds is 5. The normalized spacial score (nSPS) is 19.2. The van der Waals surface area contributed by atoms with Crippen LogP contribution in [0.5, 0.6) is 0 Å². The van der Waals surface area contributed by atoms with Crippen molar-refractivity contribution in [2.45, 2.75) is 65.4 Å². The summed E-state index contributed by atoms with van der Waals surface area (Å²) >= 11 is 0. The highest BCUT2D eigenvalue weighted by Crippen LogP contribution is 2.25. The minimum atomic E-state index is -0.369. The second-order valence-electron chi connectivity index (χ2n) is 6.41. The van der Waals surface area contributed by atoms with Gasteiger partial charge in [-0.05, 0) is 53.0 Å². The molecule has 1 aliphatic heterocycles. The molecule has 1 unspecified atom stereocenters. The van der Waals surface area contributed by atoms with E-state index in [0.29, 0.717) is 31.2 Å². The highest BCUT2D eigenvalue weighted by Gasteiger charge is 2.25. The van der Waals surface area contributed by atoms with Gasteiger partial charge in [0.05, 0.1) is 24.5 Å². The molecular formula is C16H26N2O4. The van der Waals surface area contributed by atoms with E-state index in [1.165, 1.54) is 0 Å². The van der Waals surface area contributed by atoms with E-state index in [9.17, 15) is 4.79 Å². The molecule has 6 heteroatoms. The van der Waals surface area contributed by atoms with Crippen LogP contribution in [-0.4, -0.2) is 34.6 Å². The average molecular weight is 310 g/mol. The zero-order valence-corrected chi connectivity index (χ0v) is 13.9. The Balaban J connectivity index is 2.20. The van der Waals surface area contributed by atoms with Crippen molar-refractivity contribution in [2.24, 2.45) is 0 Å². The number of carbonyl (C=O) groups is 1. The Morgan fingerprint density at radius 1 is 1.45 bits per heavy atom. The summed E-state index contributed by atoms with van der Waals surface area (Å²) in [6, 6.07) is 1.74. The molecule has 1 aliphatic rings. The fourth-order valence-electron chi connectivity index (χ4n) is 2.30. The van der Waals surface area contributed by atoms with E-state index in [0.717, 1.165) is 19.3 Å². The quantitative estimate of drug-likeness (QED) is 0.782. The summed E-state index contributed by atoms with van der Waals surface area (Å²) in [4.78, 5) is 12.1. The second-order valence-corrected chi connectivity index (χ2v) is 6.41. The number of carbonyl (C=O) groups excluding carboxylic acids is 1. The minimum absolute atomic E-state index is 0.198. The van der Waals surface area contributed by atoms with Crippen LogP contribution in [0.25, 0.3) is 0 Å². The van der Waals surface area contributed by atoms with Crippen LogP contribution in [0, 0.1) is 0 Å². The number of nitrogens with zero attached hydrogens (tertiary/aromatic N) is 2. The van der Waals surface area contributed by atoms with Gasteiger partial charge in [-0.15, -0.1) is 0 Å². The number of aromatic nitrogens is 2. The molecule has 22 heavy (non-hydrogen) atoms. The van der Waals surface area contributed by atoms with Crippen LogP contribution in [0.2, 0.25) is 0 Å². The Morgan fingerprint density at radius 2 is 2.23 bits per heavy atom. The molecule has 0 aliphatic carbocycles. The van der Waals surface area contributed by atoms with Crippen molar-refractivity contribution in [3.8, 4) is 0 Å². The number of hydrogen-bond acceptors (Lipinski definition) is 5. The van der Waals surface area contributed by atoms with Gasteiger partial charge in [0.15, 0.2) is 6.23 Å². The number of ether oxygens (including phenoxy) is 3. The predicted octanol–water partition coefficient (Wildman–Crippen LogP) is 3.07. The third-order valence-electron chi connectivity index (χ3n) is 3.35. The Hall–Kier alpha value is -1.40. The van der Waals surface area contributed by atoms with Gasteiger partial charge in [0.1, 0.15) is 5.69 Å². The van der Waals surface area contributed by atoms with Crippen LogP contribution in [0.15, 0.2) is 6.07 Å². The van der Waals surface area contributed by atoms with E-state index in [2.05, 4.69) is 5.10 Å². The third-order valence-corrected chi connectivity index (χ3v) is 3.35. The van der Waals surface area contributed by atoms with E-state index < -0.39 is 0 Å². The van der Waals surface area contributed by atoms with Crippen LogP contribution in [0.3, 0.4) is 0 Å². The molecule has 2 heterocycles. The Kier molecular flexibility index (Phi) is 5.58. The first-order valence-corrected chi connectivity index (χ1v) is 7.92. The van der Waals surface area contributed by atoms with E-state index in [-0.39, 0.29) is 17.8 Å². The molecule has 0 spiro atoms. The molecule has 0 radical (unpaired) electrons. The fraction of sp³-hybridized carbons (Fsp3) is 0.750. The molecule has 124 valence electrons. The minimum Gasteiger partial charge on any atom is -0.461 e. The Labute approximate surface area is 131 Å². The lowest BCUT2D eigenvalue weighted by atomic mass is 10.2. The molecule has 2 rings (SSSR count). The molecule has 1 saturated heterocycles. The van der Waals surface area contributed by atoms with Crippen LogP contribution in [0.1, 0.15) is 69.4 Å². The number of esters is 1. The van der Waals surface area contributed by atoms with Crippen molar-refractivity contribution < 1.29 is 19.0 Å². The van der Waals surface area contributed by atoms with Crippen LogP contribution in [-0.2, 0) is 20.8 Å². The van der Waals surface area contributed by atoms with E-state index in [4.69, 9.17) is 14.2 Å². The van der Waals surface area contributed by atoms with Gasteiger partial charge in [-0.2, -0.15) is 5.10 Å². The molecule has 0 aromatic carbocycles. The smallest absolute Gasteiger partial charge is 0.356 e. The van der Waals surface area contributed by atoms with E-state index >= 15 is 0 Å². The lowest BCUT2D eigenvalue weighted by Crippen LogP contribution is -2.23. The summed E-state index contributed by atoms with van der Waals surface area (Å²) in [5, 5.41) is 4.51. The molecule has 1 atom stereocenters. The molecule has 0 saturated carbocycles. The monoisotopic (exact) mass is 310 g/mol. The van der Waals surface area contributed by atoms with Gasteiger partial charge in [0.25, 0.3) is 0 Å². The summed E-state index contributed by atoms with van der Waals surface area (Å²) < 4.78 is 18.3. The van der Waals surface area contributed by atoms with Crippen molar-refractivity contribution in [1.82, 2.24) is 9.78 Å². The first-order chi connectivity index (χ1) is 10.4. The molecule has 0 N–H and O–H groups in total. The summed E-state index contributed by atoms with van der Waals surface area (Å²) in [6.07, 6.45) is 2.78. The highest BCUT2D eigenvalue weighted by atomic mass is 16.5. The van der Waals surface area contributed by atoms with Gasteiger partial charge < -0.3 is 14.2 Å². The standard InChI is InChI=1S/C16H26N2O4/c1-5-20-15(19)13-10-12(11-22-16(2,3)4)17-18(13)14-8-6-7-9-21-14/h10,14H,5-9,11H2,1-4H3. The lowest BCUT2D eigenvalue weighted by Gasteiger charge is -2.24. The van der Waals surface area contributed by atoms with E-state index in [1.54, 1.807) is 17.7 Å². The van der Waals surface area contributed by atoms with Crippen LogP contribution in [0.4, 0.5) is 0 Å². The Bertz CT molecular complexity index is 499. The van der Waals surface area contributed by atoms with Gasteiger partial charge >= 0.3 is 5.97 Å². The molecule has 6 nitrogen and oxygen atoms in total. The molecular weight excluding hydrogens is 284 g/mol. The summed E-state index contributed by atoms with van der Waals surface area (Å²) in [6.45, 7) is 9.14. The first-order valence-electron chi connectivity index (χ1n) is 7.92. The van der Waals surface area contributed by atoms with E-state index in [1.807, 2.05) is 20.8 Å². The molecule has 1 fully saturated rings. The molecule has 1 aromatic heterocycles. The molecule has 0 amide bonds. The zero-order chi connectivity index (χ0) is 16.2. The average Bonchev–Trinajstić information content (AvgIpc) is 2.90. The topological polar surface area (TPSA) is 62.6 Å². The highest BCUT2D eigenvalue weighted by molar-refractivity contribution is 5.87. The van der Waals surface area contributed by atoms with Crippen molar-refractivity contribution in [2.75, 3.05) is 13.2 Å². The van der Waals surface area contributed by atoms with Crippen LogP contribution < -0.4 is 0 Å². The van der Waals surface area contributed by atoms with Crippen LogP contribution >= 0.6 is 0 Å². The molecule has 0 bridgehead atoms. The largest absolute Gasteiger partial charge is 0.461 e. The zero-order valence-electron chi connectivity index (χ0n) is 13.9. The van der Waals surface area contributed by atoms with Gasteiger partial charge in [-0.3, -0.25) is 0 Å². The maximum Gasteiger partial charge on any atom is 0.356 e. The van der Waals surface area contributed by atoms with Crippen molar-refractivity contribution >= 4 is 5.97 Å². The predicted molar refractivity (Wildman–Crippen MR) is 81.6 cm³/mol. The van der Waals surface area contributed by atoms with Gasteiger partial charge in [0, 0.05) is 6.61 Å². The van der Waals surface area contributed by atoms with Crippen molar-refractivity contribution in [1.29, 1.82) is 0 Å². The van der Waals surface area contributed by atoms with Gasteiger partial charge in [-0.25, -0.2) is 9.48 Å². The molecule has 1 aromatic rings.